The molecular formula is C21H18N2O4. The number of carbonyl (C=O) groups excluding carboxylic acids is 2. The minimum atomic E-state index is -0.415. The van der Waals surface area contributed by atoms with Gasteiger partial charge in [-0.25, -0.2) is 4.79 Å². The molecule has 4 rings (SSSR count). The average Bonchev–Trinajstić information content (AvgIpc) is 3.03. The van der Waals surface area contributed by atoms with Gasteiger partial charge in [0, 0.05) is 36.7 Å². The molecule has 1 fully saturated rings. The van der Waals surface area contributed by atoms with E-state index in [0.717, 1.165) is 10.9 Å². The highest BCUT2D eigenvalue weighted by Crippen LogP contribution is 2.23. The Morgan fingerprint density at radius 3 is 2.70 bits per heavy atom. The number of likely N-dealkylation sites (tertiary alicyclic amines) is 1. The quantitative estimate of drug-likeness (QED) is 0.724. The monoisotopic (exact) mass is 362 g/mol. The summed E-state index contributed by atoms with van der Waals surface area (Å²) in [4.78, 5) is 37.8. The molecule has 2 heterocycles. The molecule has 1 N–H and O–H groups in total. The number of amides is 2. The van der Waals surface area contributed by atoms with Gasteiger partial charge in [-0.1, -0.05) is 30.3 Å². The van der Waals surface area contributed by atoms with Crippen molar-refractivity contribution >= 4 is 28.5 Å². The molecule has 1 atom stereocenters. The number of hydrogen-bond donors (Lipinski definition) is 1. The Labute approximate surface area is 155 Å². The van der Waals surface area contributed by atoms with Crippen molar-refractivity contribution in [1.29, 1.82) is 0 Å². The third-order valence-electron chi connectivity index (χ3n) is 4.69. The fraction of sp³-hybridized carbons (Fsp3) is 0.190. The number of nitrogens with zero attached hydrogens (tertiary/aromatic N) is 1. The van der Waals surface area contributed by atoms with Gasteiger partial charge in [0.15, 0.2) is 0 Å². The SMILES string of the molecule is O=C(Nc1ccc2oc(=O)ccc2c1)[C@@H]1CC(=O)N(Cc2ccccc2)C1. The molecule has 0 unspecified atom stereocenters. The van der Waals surface area contributed by atoms with Crippen molar-refractivity contribution in [2.45, 2.75) is 13.0 Å². The van der Waals surface area contributed by atoms with E-state index in [9.17, 15) is 14.4 Å². The summed E-state index contributed by atoms with van der Waals surface area (Å²) in [6.45, 7) is 0.917. The maximum Gasteiger partial charge on any atom is 0.336 e. The van der Waals surface area contributed by atoms with Crippen molar-refractivity contribution in [2.24, 2.45) is 5.92 Å². The predicted octanol–water partition coefficient (Wildman–Crippen LogP) is 2.78. The Morgan fingerprint density at radius 1 is 1.07 bits per heavy atom. The molecule has 27 heavy (non-hydrogen) atoms. The first-order valence-corrected chi connectivity index (χ1v) is 8.75. The van der Waals surface area contributed by atoms with Gasteiger partial charge >= 0.3 is 5.63 Å². The molecule has 0 radical (unpaired) electrons. The Kier molecular flexibility index (Phi) is 4.46. The smallest absolute Gasteiger partial charge is 0.336 e. The van der Waals surface area contributed by atoms with Crippen molar-refractivity contribution in [2.75, 3.05) is 11.9 Å². The van der Waals surface area contributed by atoms with E-state index in [1.54, 1.807) is 29.2 Å². The van der Waals surface area contributed by atoms with Gasteiger partial charge in [0.05, 0.1) is 5.92 Å². The van der Waals surface area contributed by atoms with Gasteiger partial charge in [0.1, 0.15) is 5.58 Å². The van der Waals surface area contributed by atoms with E-state index in [1.165, 1.54) is 6.07 Å². The third-order valence-corrected chi connectivity index (χ3v) is 4.69. The Hall–Kier alpha value is -3.41. The standard InChI is InChI=1S/C21H18N2O4/c24-19-11-16(13-23(19)12-14-4-2-1-3-5-14)21(26)22-17-7-8-18-15(10-17)6-9-20(25)27-18/h1-10,16H,11-13H2,(H,22,26)/t16-/m1/s1. The van der Waals surface area contributed by atoms with Gasteiger partial charge < -0.3 is 14.6 Å². The third kappa shape index (κ3) is 3.74. The highest BCUT2D eigenvalue weighted by Gasteiger charge is 2.34. The van der Waals surface area contributed by atoms with Crippen LogP contribution in [0.3, 0.4) is 0 Å². The molecule has 1 saturated heterocycles. The summed E-state index contributed by atoms with van der Waals surface area (Å²) in [7, 11) is 0. The molecule has 2 amide bonds. The van der Waals surface area contributed by atoms with Gasteiger partial charge in [0.2, 0.25) is 11.8 Å². The molecule has 2 aromatic carbocycles. The molecule has 136 valence electrons. The first-order valence-electron chi connectivity index (χ1n) is 8.75. The summed E-state index contributed by atoms with van der Waals surface area (Å²) in [5.74, 6) is -0.583. The van der Waals surface area contributed by atoms with Gasteiger partial charge in [-0.2, -0.15) is 0 Å². The zero-order valence-electron chi connectivity index (χ0n) is 14.6. The van der Waals surface area contributed by atoms with E-state index in [2.05, 4.69) is 5.32 Å². The van der Waals surface area contributed by atoms with Crippen LogP contribution < -0.4 is 10.9 Å². The van der Waals surface area contributed by atoms with E-state index in [0.29, 0.717) is 24.4 Å². The largest absolute Gasteiger partial charge is 0.423 e. The molecule has 0 saturated carbocycles. The summed E-state index contributed by atoms with van der Waals surface area (Å²) < 4.78 is 5.09. The summed E-state index contributed by atoms with van der Waals surface area (Å²) >= 11 is 0. The van der Waals surface area contributed by atoms with Crippen LogP contribution in [-0.4, -0.2) is 23.3 Å². The first-order chi connectivity index (χ1) is 13.1. The maximum atomic E-state index is 12.6. The fourth-order valence-corrected chi connectivity index (χ4v) is 3.30. The molecule has 3 aromatic rings. The van der Waals surface area contributed by atoms with Crippen LogP contribution in [0.15, 0.2) is 69.9 Å². The Bertz CT molecular complexity index is 1060. The Balaban J connectivity index is 1.43. The van der Waals surface area contributed by atoms with Crippen LogP contribution in [0, 0.1) is 5.92 Å². The van der Waals surface area contributed by atoms with E-state index >= 15 is 0 Å². The van der Waals surface area contributed by atoms with E-state index in [1.807, 2.05) is 30.3 Å². The van der Waals surface area contributed by atoms with Gasteiger partial charge in [-0.05, 0) is 29.8 Å². The minimum absolute atomic E-state index is 0.0145. The van der Waals surface area contributed by atoms with E-state index < -0.39 is 5.63 Å². The summed E-state index contributed by atoms with van der Waals surface area (Å²) in [5, 5.41) is 3.58. The fourth-order valence-electron chi connectivity index (χ4n) is 3.30. The summed E-state index contributed by atoms with van der Waals surface area (Å²) in [6, 6.07) is 17.8. The van der Waals surface area contributed by atoms with Crippen molar-refractivity contribution in [3.8, 4) is 0 Å². The normalized spacial score (nSPS) is 16.7. The van der Waals surface area contributed by atoms with Crippen molar-refractivity contribution < 1.29 is 14.0 Å². The van der Waals surface area contributed by atoms with Crippen LogP contribution in [0.4, 0.5) is 5.69 Å². The highest BCUT2D eigenvalue weighted by atomic mass is 16.4. The molecule has 6 heteroatoms. The lowest BCUT2D eigenvalue weighted by Gasteiger charge is -2.16. The highest BCUT2D eigenvalue weighted by molar-refractivity contribution is 5.98. The molecule has 1 aliphatic heterocycles. The Morgan fingerprint density at radius 2 is 1.89 bits per heavy atom. The van der Waals surface area contributed by atoms with Crippen LogP contribution in [-0.2, 0) is 16.1 Å². The lowest BCUT2D eigenvalue weighted by molar-refractivity contribution is -0.128. The number of hydrogen-bond acceptors (Lipinski definition) is 4. The topological polar surface area (TPSA) is 79.6 Å². The second-order valence-corrected chi connectivity index (χ2v) is 6.66. The first kappa shape index (κ1) is 17.0. The lowest BCUT2D eigenvalue weighted by atomic mass is 10.1. The number of carbonyl (C=O) groups is 2. The number of anilines is 1. The molecular weight excluding hydrogens is 344 g/mol. The molecule has 0 spiro atoms. The van der Waals surface area contributed by atoms with Crippen molar-refractivity contribution in [3.05, 3.63) is 76.6 Å². The average molecular weight is 362 g/mol. The molecule has 0 bridgehead atoms. The number of nitrogens with one attached hydrogen (secondary N) is 1. The van der Waals surface area contributed by atoms with Gasteiger partial charge in [0.25, 0.3) is 0 Å². The summed E-state index contributed by atoms with van der Waals surface area (Å²) in [6.07, 6.45) is 0.209. The van der Waals surface area contributed by atoms with Crippen molar-refractivity contribution in [1.82, 2.24) is 4.90 Å². The molecule has 0 aliphatic carbocycles. The summed E-state index contributed by atoms with van der Waals surface area (Å²) in [5.41, 5.74) is 1.70. The second kappa shape index (κ2) is 7.07. The van der Waals surface area contributed by atoms with E-state index in [4.69, 9.17) is 4.42 Å². The van der Waals surface area contributed by atoms with Gasteiger partial charge in [-0.3, -0.25) is 9.59 Å². The minimum Gasteiger partial charge on any atom is -0.423 e. The molecule has 6 nitrogen and oxygen atoms in total. The number of fused-ring (bicyclic) bond motifs is 1. The predicted molar refractivity (Wildman–Crippen MR) is 101 cm³/mol. The number of rotatable bonds is 4. The van der Waals surface area contributed by atoms with Crippen LogP contribution in [0.5, 0.6) is 0 Å². The maximum absolute atomic E-state index is 12.6. The van der Waals surface area contributed by atoms with Crippen LogP contribution in [0.25, 0.3) is 11.0 Å². The van der Waals surface area contributed by atoms with Gasteiger partial charge in [-0.15, -0.1) is 0 Å². The second-order valence-electron chi connectivity index (χ2n) is 6.66. The molecule has 1 aromatic heterocycles. The van der Waals surface area contributed by atoms with Crippen molar-refractivity contribution in [3.63, 3.8) is 0 Å². The lowest BCUT2D eigenvalue weighted by Crippen LogP contribution is -2.28. The van der Waals surface area contributed by atoms with Crippen LogP contribution in [0.1, 0.15) is 12.0 Å². The number of benzene rings is 2. The van der Waals surface area contributed by atoms with Crippen LogP contribution >= 0.6 is 0 Å². The van der Waals surface area contributed by atoms with Crippen LogP contribution in [0.2, 0.25) is 0 Å². The van der Waals surface area contributed by atoms with E-state index in [-0.39, 0.29) is 24.2 Å². The zero-order chi connectivity index (χ0) is 18.8. The molecule has 1 aliphatic rings. The zero-order valence-corrected chi connectivity index (χ0v) is 14.6.